The maximum Gasteiger partial charge on any atom is 0.223 e. The predicted molar refractivity (Wildman–Crippen MR) is 97.8 cm³/mol. The average Bonchev–Trinajstić information content (AvgIpc) is 2.53. The van der Waals surface area contributed by atoms with E-state index in [1.807, 2.05) is 6.26 Å². The molecule has 1 fully saturated rings. The summed E-state index contributed by atoms with van der Waals surface area (Å²) in [5, 5.41) is 3.18. The lowest BCUT2D eigenvalue weighted by atomic mass is 9.91. The monoisotopic (exact) mass is 337 g/mol. The molecule has 2 heterocycles. The molecule has 5 nitrogen and oxygen atoms in total. The van der Waals surface area contributed by atoms with E-state index >= 15 is 0 Å². The van der Waals surface area contributed by atoms with E-state index in [-0.39, 0.29) is 17.2 Å². The molecule has 0 spiro atoms. The number of nitrogens with zero attached hydrogens (tertiary/aromatic N) is 2. The highest BCUT2D eigenvalue weighted by molar-refractivity contribution is 5.78. The average molecular weight is 338 g/mol. The Kier molecular flexibility index (Phi) is 7.11. The second-order valence-electron chi connectivity index (χ2n) is 8.40. The summed E-state index contributed by atoms with van der Waals surface area (Å²) >= 11 is 0. The van der Waals surface area contributed by atoms with Crippen molar-refractivity contribution in [2.24, 2.45) is 11.3 Å². The maximum atomic E-state index is 12.5. The molecule has 0 aliphatic carbocycles. The number of likely N-dealkylation sites (tertiary alicyclic amines) is 1. The molecule has 2 aliphatic rings. The third-order valence-corrected chi connectivity index (χ3v) is 4.93. The summed E-state index contributed by atoms with van der Waals surface area (Å²) in [4.78, 5) is 17.1. The SMILES string of the molecule is CN(C)CC(C)(C)CNC(=O)C1CCN(C[C@@H]2CCC=CO2)CC1. The van der Waals surface area contributed by atoms with Gasteiger partial charge in [0.25, 0.3) is 0 Å². The summed E-state index contributed by atoms with van der Waals surface area (Å²) in [7, 11) is 4.15. The van der Waals surface area contributed by atoms with Gasteiger partial charge in [0.05, 0.1) is 6.26 Å². The fourth-order valence-corrected chi connectivity index (χ4v) is 3.77. The quantitative estimate of drug-likeness (QED) is 0.773. The maximum absolute atomic E-state index is 12.5. The molecule has 1 saturated heterocycles. The Morgan fingerprint density at radius 3 is 2.58 bits per heavy atom. The molecule has 0 aromatic heterocycles. The van der Waals surface area contributed by atoms with Crippen LogP contribution in [-0.4, -0.2) is 68.6 Å². The van der Waals surface area contributed by atoms with Gasteiger partial charge in [0.1, 0.15) is 6.10 Å². The molecule has 2 rings (SSSR count). The zero-order valence-corrected chi connectivity index (χ0v) is 15.9. The minimum Gasteiger partial charge on any atom is -0.497 e. The van der Waals surface area contributed by atoms with Crippen molar-refractivity contribution in [3.8, 4) is 0 Å². The van der Waals surface area contributed by atoms with Crippen LogP contribution in [0.15, 0.2) is 12.3 Å². The molecule has 0 aromatic rings. The highest BCUT2D eigenvalue weighted by Gasteiger charge is 2.28. The van der Waals surface area contributed by atoms with E-state index in [4.69, 9.17) is 4.74 Å². The first-order valence-corrected chi connectivity index (χ1v) is 9.31. The Balaban J connectivity index is 1.67. The topological polar surface area (TPSA) is 44.8 Å². The lowest BCUT2D eigenvalue weighted by molar-refractivity contribution is -0.127. The molecule has 1 amide bonds. The molecule has 0 unspecified atom stereocenters. The van der Waals surface area contributed by atoms with Gasteiger partial charge >= 0.3 is 0 Å². The normalized spacial score (nSPS) is 23.3. The second kappa shape index (κ2) is 8.86. The highest BCUT2D eigenvalue weighted by Crippen LogP contribution is 2.21. The van der Waals surface area contributed by atoms with Crippen molar-refractivity contribution in [1.29, 1.82) is 0 Å². The van der Waals surface area contributed by atoms with E-state index in [0.29, 0.717) is 6.10 Å². The molecular weight excluding hydrogens is 302 g/mol. The number of amides is 1. The molecule has 5 heteroatoms. The van der Waals surface area contributed by atoms with Crippen molar-refractivity contribution in [3.05, 3.63) is 12.3 Å². The number of nitrogens with one attached hydrogen (secondary N) is 1. The van der Waals surface area contributed by atoms with Gasteiger partial charge in [0.2, 0.25) is 5.91 Å². The number of hydrogen-bond acceptors (Lipinski definition) is 4. The smallest absolute Gasteiger partial charge is 0.223 e. The minimum atomic E-state index is 0.103. The zero-order chi connectivity index (χ0) is 17.6. The molecule has 0 radical (unpaired) electrons. The Hall–Kier alpha value is -1.07. The van der Waals surface area contributed by atoms with Crippen molar-refractivity contribution in [3.63, 3.8) is 0 Å². The molecule has 0 bridgehead atoms. The van der Waals surface area contributed by atoms with Crippen molar-refractivity contribution in [2.75, 3.05) is 46.8 Å². The van der Waals surface area contributed by atoms with Crippen LogP contribution in [0.4, 0.5) is 0 Å². The van der Waals surface area contributed by atoms with E-state index in [0.717, 1.165) is 58.4 Å². The number of hydrogen-bond donors (Lipinski definition) is 1. The van der Waals surface area contributed by atoms with Crippen LogP contribution >= 0.6 is 0 Å². The number of carbonyl (C=O) groups is 1. The molecule has 1 atom stereocenters. The summed E-state index contributed by atoms with van der Waals surface area (Å²) in [5.41, 5.74) is 0.103. The van der Waals surface area contributed by atoms with E-state index < -0.39 is 0 Å². The van der Waals surface area contributed by atoms with Gasteiger partial charge in [-0.15, -0.1) is 0 Å². The van der Waals surface area contributed by atoms with Crippen molar-refractivity contribution in [2.45, 2.75) is 45.6 Å². The van der Waals surface area contributed by atoms with Crippen LogP contribution < -0.4 is 5.32 Å². The Bertz CT molecular complexity index is 426. The van der Waals surface area contributed by atoms with E-state index in [1.165, 1.54) is 0 Å². The fraction of sp³-hybridized carbons (Fsp3) is 0.842. The van der Waals surface area contributed by atoms with Gasteiger partial charge < -0.3 is 15.0 Å². The summed E-state index contributed by atoms with van der Waals surface area (Å²) in [6, 6.07) is 0. The van der Waals surface area contributed by atoms with Gasteiger partial charge in [0.15, 0.2) is 0 Å². The van der Waals surface area contributed by atoms with E-state index in [9.17, 15) is 4.79 Å². The number of allylic oxidation sites excluding steroid dienone is 1. The Morgan fingerprint density at radius 2 is 2.00 bits per heavy atom. The van der Waals surface area contributed by atoms with Crippen molar-refractivity contribution < 1.29 is 9.53 Å². The predicted octanol–water partition coefficient (Wildman–Crippen LogP) is 2.10. The van der Waals surface area contributed by atoms with E-state index in [2.05, 4.69) is 49.1 Å². The molecule has 0 aromatic carbocycles. The molecule has 138 valence electrons. The van der Waals surface area contributed by atoms with Gasteiger partial charge in [-0.1, -0.05) is 13.8 Å². The number of rotatable bonds is 7. The van der Waals surface area contributed by atoms with Gasteiger partial charge in [0, 0.05) is 25.6 Å². The molecule has 24 heavy (non-hydrogen) atoms. The highest BCUT2D eigenvalue weighted by atomic mass is 16.5. The number of ether oxygens (including phenoxy) is 1. The van der Waals surface area contributed by atoms with Crippen LogP contribution in [0, 0.1) is 11.3 Å². The number of carbonyl (C=O) groups excluding carboxylic acids is 1. The first kappa shape index (κ1) is 19.3. The van der Waals surface area contributed by atoms with Crippen molar-refractivity contribution in [1.82, 2.24) is 15.1 Å². The van der Waals surface area contributed by atoms with Gasteiger partial charge in [-0.25, -0.2) is 0 Å². The van der Waals surface area contributed by atoms with Crippen LogP contribution in [0.5, 0.6) is 0 Å². The third-order valence-electron chi connectivity index (χ3n) is 4.93. The van der Waals surface area contributed by atoms with Crippen LogP contribution in [0.3, 0.4) is 0 Å². The first-order chi connectivity index (χ1) is 11.4. The molecular formula is C19H35N3O2. The van der Waals surface area contributed by atoms with Crippen LogP contribution in [0.2, 0.25) is 0 Å². The second-order valence-corrected chi connectivity index (χ2v) is 8.40. The third kappa shape index (κ3) is 6.44. The summed E-state index contributed by atoms with van der Waals surface area (Å²) in [5.74, 6) is 0.405. The standard InChI is InChI=1S/C19H35N3O2/c1-19(2,15-21(3)4)14-20-18(23)16-8-10-22(11-9-16)13-17-7-5-6-12-24-17/h6,12,16-17H,5,7-11,13-15H2,1-4H3,(H,20,23)/t17-/m0/s1. The van der Waals surface area contributed by atoms with Crippen molar-refractivity contribution >= 4 is 5.91 Å². The fourth-order valence-electron chi connectivity index (χ4n) is 3.77. The Morgan fingerprint density at radius 1 is 1.29 bits per heavy atom. The summed E-state index contributed by atoms with van der Waals surface area (Å²) in [6.45, 7) is 9.12. The van der Waals surface area contributed by atoms with Gasteiger partial charge in [-0.3, -0.25) is 9.69 Å². The first-order valence-electron chi connectivity index (χ1n) is 9.31. The van der Waals surface area contributed by atoms with Crippen LogP contribution in [0.1, 0.15) is 39.5 Å². The number of piperidine rings is 1. The molecule has 2 aliphatic heterocycles. The van der Waals surface area contributed by atoms with Crippen LogP contribution in [-0.2, 0) is 9.53 Å². The lowest BCUT2D eigenvalue weighted by Gasteiger charge is -2.34. The van der Waals surface area contributed by atoms with Gasteiger partial charge in [-0.05, 0) is 64.4 Å². The minimum absolute atomic E-state index is 0.103. The molecule has 0 saturated carbocycles. The van der Waals surface area contributed by atoms with Crippen LogP contribution in [0.25, 0.3) is 0 Å². The van der Waals surface area contributed by atoms with E-state index in [1.54, 1.807) is 0 Å². The summed E-state index contributed by atoms with van der Waals surface area (Å²) < 4.78 is 5.66. The van der Waals surface area contributed by atoms with Gasteiger partial charge in [-0.2, -0.15) is 0 Å². The Labute approximate surface area is 147 Å². The largest absolute Gasteiger partial charge is 0.497 e. The lowest BCUT2D eigenvalue weighted by Crippen LogP contribution is -2.46. The molecule has 1 N–H and O–H groups in total. The summed E-state index contributed by atoms with van der Waals surface area (Å²) in [6.07, 6.45) is 8.40. The zero-order valence-electron chi connectivity index (χ0n) is 15.9.